The van der Waals surface area contributed by atoms with E-state index in [9.17, 15) is 14.1 Å². The van der Waals surface area contributed by atoms with E-state index in [1.807, 2.05) is 6.07 Å². The average molecular weight is 489 g/mol. The maximum atomic E-state index is 13.7. The molecule has 2 aromatic rings. The molecule has 1 fully saturated rings. The highest BCUT2D eigenvalue weighted by Gasteiger charge is 2.39. The Balaban J connectivity index is 1.65. The Hall–Kier alpha value is -2.14. The van der Waals surface area contributed by atoms with Gasteiger partial charge in [-0.15, -0.1) is 0 Å². The topological polar surface area (TPSA) is 65.0 Å². The second-order valence-electron chi connectivity index (χ2n) is 9.31. The number of allylic oxidation sites excluding steroid dienone is 2. The Bertz CT molecular complexity index is 1080. The van der Waals surface area contributed by atoms with Crippen molar-refractivity contribution in [3.05, 3.63) is 70.6 Å². The summed E-state index contributed by atoms with van der Waals surface area (Å²) in [5.41, 5.74) is 3.39. The molecule has 0 radical (unpaired) electrons. The van der Waals surface area contributed by atoms with Crippen LogP contribution in [-0.4, -0.2) is 11.7 Å². The van der Waals surface area contributed by atoms with Crippen LogP contribution >= 0.6 is 7.82 Å². The Labute approximate surface area is 201 Å². The molecule has 184 valence electrons. The quantitative estimate of drug-likeness (QED) is 0.231. The summed E-state index contributed by atoms with van der Waals surface area (Å²) >= 11 is 0. The van der Waals surface area contributed by atoms with E-state index in [0.717, 1.165) is 50.5 Å². The number of phosphoric acid groups is 1. The first kappa shape index (κ1) is 25.0. The Kier molecular flexibility index (Phi) is 8.13. The molecule has 0 aromatic heterocycles. The number of halogens is 1. The third kappa shape index (κ3) is 6.10. The normalized spacial score (nSPS) is 25.1. The molecule has 0 spiro atoms. The van der Waals surface area contributed by atoms with Gasteiger partial charge in [0, 0.05) is 17.9 Å². The largest absolute Gasteiger partial charge is 0.530 e. The van der Waals surface area contributed by atoms with Crippen molar-refractivity contribution >= 4 is 7.82 Å². The van der Waals surface area contributed by atoms with Crippen LogP contribution in [0.5, 0.6) is 11.5 Å². The van der Waals surface area contributed by atoms with Crippen LogP contribution in [0.3, 0.4) is 0 Å². The van der Waals surface area contributed by atoms with Crippen LogP contribution in [0.2, 0.25) is 0 Å². The molecule has 1 aliphatic heterocycles. The van der Waals surface area contributed by atoms with Crippen molar-refractivity contribution in [1.29, 1.82) is 0 Å². The van der Waals surface area contributed by atoms with Crippen LogP contribution in [-0.2, 0) is 20.0 Å². The number of unbranched alkanes of at least 4 members (excludes halogenated alkanes) is 2. The maximum Gasteiger partial charge on any atom is 0.530 e. The van der Waals surface area contributed by atoms with Gasteiger partial charge in [0.2, 0.25) is 0 Å². The summed E-state index contributed by atoms with van der Waals surface area (Å²) in [6, 6.07) is 9.73. The van der Waals surface area contributed by atoms with E-state index in [4.69, 9.17) is 13.6 Å². The minimum absolute atomic E-state index is 0.0381. The van der Waals surface area contributed by atoms with Crippen LogP contribution in [0.1, 0.15) is 87.5 Å². The van der Waals surface area contributed by atoms with Gasteiger partial charge in [0.05, 0.1) is 12.7 Å². The maximum absolute atomic E-state index is 13.7. The van der Waals surface area contributed by atoms with E-state index in [2.05, 4.69) is 19.9 Å². The second kappa shape index (κ2) is 11.1. The summed E-state index contributed by atoms with van der Waals surface area (Å²) in [4.78, 5) is 0. The lowest BCUT2D eigenvalue weighted by atomic mass is 9.84. The highest BCUT2D eigenvalue weighted by Crippen LogP contribution is 2.58. The van der Waals surface area contributed by atoms with Crippen LogP contribution < -0.4 is 4.52 Å². The molecule has 1 N–H and O–H groups in total. The Morgan fingerprint density at radius 2 is 2.06 bits per heavy atom. The lowest BCUT2D eigenvalue weighted by Crippen LogP contribution is -2.17. The molecule has 7 heteroatoms. The van der Waals surface area contributed by atoms with Crippen LogP contribution in [0.25, 0.3) is 0 Å². The standard InChI is InChI=1S/C27H34FO5P/c1-3-4-5-9-20-16-24(29)27(22-11-6-8-19(2)15-22)26(17-20)33-34(30)31-14-13-25(32-34)21-10-7-12-23(28)18-21/h7,10,12,15-18,22,25,29H,3-6,8-9,11,13-14H2,1-2H3. The van der Waals surface area contributed by atoms with Gasteiger partial charge >= 0.3 is 7.82 Å². The Morgan fingerprint density at radius 3 is 2.82 bits per heavy atom. The van der Waals surface area contributed by atoms with Gasteiger partial charge in [-0.2, -0.15) is 0 Å². The highest BCUT2D eigenvalue weighted by molar-refractivity contribution is 7.49. The number of hydrogen-bond acceptors (Lipinski definition) is 5. The number of hydrogen-bond donors (Lipinski definition) is 1. The molecule has 1 heterocycles. The number of phenolic OH excluding ortho intramolecular Hbond substituents is 1. The molecule has 4 rings (SSSR count). The summed E-state index contributed by atoms with van der Waals surface area (Å²) in [6.07, 6.45) is 8.86. The van der Waals surface area contributed by atoms with Gasteiger partial charge in [-0.3, -0.25) is 9.05 Å². The van der Waals surface area contributed by atoms with Crippen molar-refractivity contribution in [1.82, 2.24) is 0 Å². The van der Waals surface area contributed by atoms with Crippen molar-refractivity contribution in [2.45, 2.75) is 77.2 Å². The van der Waals surface area contributed by atoms with E-state index in [0.29, 0.717) is 23.3 Å². The average Bonchev–Trinajstić information content (AvgIpc) is 2.79. The molecule has 5 nitrogen and oxygen atoms in total. The fourth-order valence-corrected chi connectivity index (χ4v) is 6.21. The first-order valence-electron chi connectivity index (χ1n) is 12.3. The lowest BCUT2D eigenvalue weighted by Gasteiger charge is -2.31. The smallest absolute Gasteiger partial charge is 0.507 e. The van der Waals surface area contributed by atoms with E-state index in [1.165, 1.54) is 17.7 Å². The summed E-state index contributed by atoms with van der Waals surface area (Å²) in [5.74, 6) is 0.0644. The molecule has 3 atom stereocenters. The summed E-state index contributed by atoms with van der Waals surface area (Å²) < 4.78 is 44.7. The van der Waals surface area contributed by atoms with Crippen molar-refractivity contribution in [3.63, 3.8) is 0 Å². The molecule has 0 bridgehead atoms. The molecule has 34 heavy (non-hydrogen) atoms. The van der Waals surface area contributed by atoms with E-state index in [-0.39, 0.29) is 24.1 Å². The van der Waals surface area contributed by atoms with Crippen molar-refractivity contribution < 1.29 is 27.6 Å². The number of phosphoric ester groups is 1. The molecule has 2 aromatic carbocycles. The first-order valence-corrected chi connectivity index (χ1v) is 13.7. The number of rotatable bonds is 8. The minimum atomic E-state index is -3.99. The van der Waals surface area contributed by atoms with Gasteiger partial charge in [-0.05, 0) is 74.4 Å². The van der Waals surface area contributed by atoms with Crippen LogP contribution in [0.4, 0.5) is 4.39 Å². The van der Waals surface area contributed by atoms with E-state index in [1.54, 1.807) is 18.2 Å². The Morgan fingerprint density at radius 1 is 1.21 bits per heavy atom. The fraction of sp³-hybridized carbons (Fsp3) is 0.481. The van der Waals surface area contributed by atoms with Gasteiger partial charge in [-0.25, -0.2) is 8.96 Å². The van der Waals surface area contributed by atoms with Gasteiger partial charge in [0.15, 0.2) is 0 Å². The highest BCUT2D eigenvalue weighted by atomic mass is 31.2. The predicted molar refractivity (Wildman–Crippen MR) is 131 cm³/mol. The lowest BCUT2D eigenvalue weighted by molar-refractivity contribution is 0.0506. The van der Waals surface area contributed by atoms with E-state index < -0.39 is 13.9 Å². The monoisotopic (exact) mass is 488 g/mol. The predicted octanol–water partition coefficient (Wildman–Crippen LogP) is 8.14. The molecule has 1 saturated heterocycles. The number of phenols is 1. The van der Waals surface area contributed by atoms with Crippen molar-refractivity contribution in [2.75, 3.05) is 6.61 Å². The first-order chi connectivity index (χ1) is 16.4. The van der Waals surface area contributed by atoms with Gasteiger partial charge in [-0.1, -0.05) is 43.5 Å². The minimum Gasteiger partial charge on any atom is -0.507 e. The molecule has 0 saturated carbocycles. The third-order valence-electron chi connectivity index (χ3n) is 6.51. The zero-order chi connectivity index (χ0) is 24.1. The fourth-order valence-electron chi connectivity index (χ4n) is 4.79. The van der Waals surface area contributed by atoms with Gasteiger partial charge < -0.3 is 9.63 Å². The summed E-state index contributed by atoms with van der Waals surface area (Å²) in [6.45, 7) is 4.39. The number of aryl methyl sites for hydroxylation is 1. The molecular formula is C27H34FO5P. The van der Waals surface area contributed by atoms with Gasteiger partial charge in [0.1, 0.15) is 17.3 Å². The zero-order valence-corrected chi connectivity index (χ0v) is 20.9. The van der Waals surface area contributed by atoms with Crippen LogP contribution in [0.15, 0.2) is 48.0 Å². The SMILES string of the molecule is CCCCCc1cc(O)c(C2C=C(C)CCC2)c(OP2(=O)OCCC(c3cccc(F)c3)O2)c1. The zero-order valence-electron chi connectivity index (χ0n) is 20.0. The molecular weight excluding hydrogens is 454 g/mol. The second-order valence-corrected chi connectivity index (χ2v) is 10.9. The van der Waals surface area contributed by atoms with Crippen molar-refractivity contribution in [3.8, 4) is 11.5 Å². The number of benzene rings is 2. The van der Waals surface area contributed by atoms with Crippen molar-refractivity contribution in [2.24, 2.45) is 0 Å². The molecule has 2 aliphatic rings. The van der Waals surface area contributed by atoms with Crippen LogP contribution in [0, 0.1) is 5.82 Å². The summed E-state index contributed by atoms with van der Waals surface area (Å²) in [5, 5.41) is 11.0. The molecule has 0 amide bonds. The number of aromatic hydroxyl groups is 1. The van der Waals surface area contributed by atoms with Gasteiger partial charge in [0.25, 0.3) is 0 Å². The third-order valence-corrected chi connectivity index (χ3v) is 7.94. The van der Waals surface area contributed by atoms with E-state index >= 15 is 0 Å². The molecule has 3 unspecified atom stereocenters. The summed E-state index contributed by atoms with van der Waals surface area (Å²) in [7, 11) is -3.99. The molecule has 1 aliphatic carbocycles.